The van der Waals surface area contributed by atoms with Crippen LogP contribution in [0, 0.1) is 11.3 Å². The van der Waals surface area contributed by atoms with E-state index in [4.69, 9.17) is 21.6 Å². The second kappa shape index (κ2) is 3.45. The number of hydrogen-bond acceptors (Lipinski definition) is 4. The van der Waals surface area contributed by atoms with Gasteiger partial charge in [0.15, 0.2) is 5.01 Å². The Balaban J connectivity index is 2.76. The average Bonchev–Trinajstić information content (AvgIpc) is 2.62. The minimum absolute atomic E-state index is 0.412. The lowest BCUT2D eigenvalue weighted by Crippen LogP contribution is -1.83. The third-order valence-corrected chi connectivity index (χ3v) is 3.26. The summed E-state index contributed by atoms with van der Waals surface area (Å²) in [6.07, 6.45) is 0. The summed E-state index contributed by atoms with van der Waals surface area (Å²) in [6.45, 7) is 0. The van der Waals surface area contributed by atoms with Gasteiger partial charge >= 0.3 is 0 Å². The van der Waals surface area contributed by atoms with Crippen molar-refractivity contribution in [2.45, 2.75) is 0 Å². The summed E-state index contributed by atoms with van der Waals surface area (Å²) in [4.78, 5) is 4.08. The van der Waals surface area contributed by atoms with E-state index in [1.807, 2.05) is 6.07 Å². The molecule has 0 aliphatic carbocycles. The Bertz CT molecular complexity index is 529. The molecular formula is C9H5ClN2OS. The Morgan fingerprint density at radius 3 is 3.00 bits per heavy atom. The molecule has 0 bridgehead atoms. The SMILES string of the molecule is COc1ccc2nc(C#N)sc2c1Cl. The predicted octanol–water partition coefficient (Wildman–Crippen LogP) is 2.83. The molecule has 0 saturated carbocycles. The van der Waals surface area contributed by atoms with Crippen LogP contribution in [0.25, 0.3) is 10.2 Å². The van der Waals surface area contributed by atoms with Crippen molar-refractivity contribution < 1.29 is 4.74 Å². The number of benzene rings is 1. The molecule has 70 valence electrons. The quantitative estimate of drug-likeness (QED) is 0.748. The summed E-state index contributed by atoms with van der Waals surface area (Å²) in [5, 5.41) is 9.61. The third kappa shape index (κ3) is 1.31. The van der Waals surface area contributed by atoms with Crippen LogP contribution in [0.2, 0.25) is 5.02 Å². The van der Waals surface area contributed by atoms with Crippen LogP contribution >= 0.6 is 22.9 Å². The Kier molecular flexibility index (Phi) is 2.28. The van der Waals surface area contributed by atoms with Gasteiger partial charge in [-0.25, -0.2) is 4.98 Å². The van der Waals surface area contributed by atoms with Crippen LogP contribution in [0.1, 0.15) is 5.01 Å². The standard InChI is InChI=1S/C9H5ClN2OS/c1-13-6-3-2-5-9(8(6)10)14-7(4-11)12-5/h2-3H,1H3. The van der Waals surface area contributed by atoms with Crippen LogP contribution in [-0.4, -0.2) is 12.1 Å². The van der Waals surface area contributed by atoms with Crippen LogP contribution in [-0.2, 0) is 0 Å². The van der Waals surface area contributed by atoms with Crippen molar-refractivity contribution in [3.8, 4) is 11.8 Å². The van der Waals surface area contributed by atoms with E-state index < -0.39 is 0 Å². The number of rotatable bonds is 1. The Morgan fingerprint density at radius 1 is 1.57 bits per heavy atom. The first kappa shape index (κ1) is 9.25. The number of nitrogens with zero attached hydrogens (tertiary/aromatic N) is 2. The van der Waals surface area contributed by atoms with Gasteiger partial charge in [0.25, 0.3) is 0 Å². The second-order valence-corrected chi connectivity index (χ2v) is 3.94. The highest BCUT2D eigenvalue weighted by atomic mass is 35.5. The molecule has 14 heavy (non-hydrogen) atoms. The summed E-state index contributed by atoms with van der Waals surface area (Å²) >= 11 is 7.32. The second-order valence-electron chi connectivity index (χ2n) is 2.56. The van der Waals surface area contributed by atoms with Gasteiger partial charge in [0.2, 0.25) is 0 Å². The summed E-state index contributed by atoms with van der Waals surface area (Å²) in [6, 6.07) is 5.52. The first-order chi connectivity index (χ1) is 6.76. The van der Waals surface area contributed by atoms with Gasteiger partial charge in [-0.2, -0.15) is 5.26 Å². The van der Waals surface area contributed by atoms with Crippen LogP contribution in [0.4, 0.5) is 0 Å². The van der Waals surface area contributed by atoms with E-state index >= 15 is 0 Å². The van der Waals surface area contributed by atoms with Gasteiger partial charge in [0, 0.05) is 0 Å². The molecule has 1 aromatic carbocycles. The minimum atomic E-state index is 0.412. The molecule has 0 amide bonds. The molecule has 2 rings (SSSR count). The van der Waals surface area contributed by atoms with Crippen LogP contribution in [0.5, 0.6) is 5.75 Å². The van der Waals surface area contributed by atoms with Crippen molar-refractivity contribution >= 4 is 33.2 Å². The molecule has 0 atom stereocenters. The number of nitriles is 1. The topological polar surface area (TPSA) is 45.9 Å². The Hall–Kier alpha value is -1.31. The molecule has 1 heterocycles. The molecule has 3 nitrogen and oxygen atoms in total. The first-order valence-corrected chi connectivity index (χ1v) is 4.99. The molecule has 5 heteroatoms. The molecule has 0 aliphatic heterocycles. The minimum Gasteiger partial charge on any atom is -0.495 e. The third-order valence-electron chi connectivity index (χ3n) is 1.78. The number of aromatic nitrogens is 1. The summed E-state index contributed by atoms with van der Waals surface area (Å²) < 4.78 is 5.85. The smallest absolute Gasteiger partial charge is 0.195 e. The summed E-state index contributed by atoms with van der Waals surface area (Å²) in [5.41, 5.74) is 0.734. The number of fused-ring (bicyclic) bond motifs is 1. The maximum absolute atomic E-state index is 8.68. The highest BCUT2D eigenvalue weighted by molar-refractivity contribution is 7.19. The van der Waals surface area contributed by atoms with E-state index in [9.17, 15) is 0 Å². The lowest BCUT2D eigenvalue weighted by Gasteiger charge is -2.01. The molecule has 0 unspecified atom stereocenters. The fraction of sp³-hybridized carbons (Fsp3) is 0.111. The van der Waals surface area contributed by atoms with Crippen LogP contribution < -0.4 is 4.74 Å². The van der Waals surface area contributed by atoms with Gasteiger partial charge in [-0.15, -0.1) is 11.3 Å². The van der Waals surface area contributed by atoms with E-state index in [0.717, 1.165) is 10.2 Å². The van der Waals surface area contributed by atoms with Gasteiger partial charge in [0.1, 0.15) is 16.8 Å². The van der Waals surface area contributed by atoms with Gasteiger partial charge in [-0.05, 0) is 12.1 Å². The van der Waals surface area contributed by atoms with Crippen LogP contribution in [0.15, 0.2) is 12.1 Å². The molecule has 1 aromatic heterocycles. The lowest BCUT2D eigenvalue weighted by atomic mass is 10.3. The molecule has 2 aromatic rings. The van der Waals surface area contributed by atoms with Crippen molar-refractivity contribution in [3.05, 3.63) is 22.2 Å². The van der Waals surface area contributed by atoms with E-state index in [0.29, 0.717) is 15.8 Å². The van der Waals surface area contributed by atoms with E-state index in [-0.39, 0.29) is 0 Å². The summed E-state index contributed by atoms with van der Waals surface area (Å²) in [7, 11) is 1.55. The number of thiazole rings is 1. The zero-order chi connectivity index (χ0) is 10.1. The normalized spacial score (nSPS) is 10.1. The van der Waals surface area contributed by atoms with Crippen molar-refractivity contribution in [2.75, 3.05) is 7.11 Å². The molecule has 0 spiro atoms. The largest absolute Gasteiger partial charge is 0.495 e. The number of halogens is 1. The lowest BCUT2D eigenvalue weighted by molar-refractivity contribution is 0.415. The predicted molar refractivity (Wildman–Crippen MR) is 55.9 cm³/mol. The highest BCUT2D eigenvalue weighted by Crippen LogP contribution is 2.35. The molecular weight excluding hydrogens is 220 g/mol. The Morgan fingerprint density at radius 2 is 2.36 bits per heavy atom. The number of methoxy groups -OCH3 is 1. The monoisotopic (exact) mass is 224 g/mol. The molecule has 0 saturated heterocycles. The fourth-order valence-corrected chi connectivity index (χ4v) is 2.29. The Labute approximate surface area is 89.5 Å². The first-order valence-electron chi connectivity index (χ1n) is 3.79. The number of hydrogen-bond donors (Lipinski definition) is 0. The van der Waals surface area contributed by atoms with Gasteiger partial charge in [0.05, 0.1) is 17.3 Å². The summed E-state index contributed by atoms with van der Waals surface area (Å²) in [5.74, 6) is 0.604. The van der Waals surface area contributed by atoms with Crippen molar-refractivity contribution in [1.29, 1.82) is 5.26 Å². The maximum atomic E-state index is 8.68. The average molecular weight is 225 g/mol. The van der Waals surface area contributed by atoms with E-state index in [1.54, 1.807) is 19.2 Å². The molecule has 0 radical (unpaired) electrons. The maximum Gasteiger partial charge on any atom is 0.195 e. The van der Waals surface area contributed by atoms with Crippen molar-refractivity contribution in [3.63, 3.8) is 0 Å². The van der Waals surface area contributed by atoms with Crippen molar-refractivity contribution in [1.82, 2.24) is 4.98 Å². The molecule has 0 fully saturated rings. The molecule has 0 aliphatic rings. The van der Waals surface area contributed by atoms with Gasteiger partial charge in [-0.1, -0.05) is 11.6 Å². The van der Waals surface area contributed by atoms with Gasteiger partial charge < -0.3 is 4.74 Å². The van der Waals surface area contributed by atoms with Crippen LogP contribution in [0.3, 0.4) is 0 Å². The number of ether oxygens (including phenoxy) is 1. The zero-order valence-electron chi connectivity index (χ0n) is 7.24. The van der Waals surface area contributed by atoms with Gasteiger partial charge in [-0.3, -0.25) is 0 Å². The van der Waals surface area contributed by atoms with E-state index in [1.165, 1.54) is 11.3 Å². The fourth-order valence-electron chi connectivity index (χ4n) is 1.15. The van der Waals surface area contributed by atoms with Crippen molar-refractivity contribution in [2.24, 2.45) is 0 Å². The highest BCUT2D eigenvalue weighted by Gasteiger charge is 2.10. The molecule has 0 N–H and O–H groups in total. The van der Waals surface area contributed by atoms with E-state index in [2.05, 4.69) is 4.98 Å². The zero-order valence-corrected chi connectivity index (χ0v) is 8.82.